The van der Waals surface area contributed by atoms with Crippen LogP contribution < -0.4 is 5.32 Å². The van der Waals surface area contributed by atoms with Gasteiger partial charge in [-0.1, -0.05) is 5.16 Å². The van der Waals surface area contributed by atoms with Crippen LogP contribution in [0.3, 0.4) is 0 Å². The quantitative estimate of drug-likeness (QED) is 0.822. The number of carbonyl (C=O) groups is 2. The van der Waals surface area contributed by atoms with Gasteiger partial charge in [-0.15, -0.1) is 0 Å². The van der Waals surface area contributed by atoms with Crippen molar-refractivity contribution in [2.75, 3.05) is 6.54 Å². The number of rotatable bonds is 5. The highest BCUT2D eigenvalue weighted by atomic mass is 16.5. The number of aromatic nitrogens is 2. The number of nitrogens with one attached hydrogen (secondary N) is 1. The van der Waals surface area contributed by atoms with Crippen LogP contribution in [0.5, 0.6) is 0 Å². The van der Waals surface area contributed by atoms with Crippen molar-refractivity contribution in [1.82, 2.24) is 15.5 Å². The summed E-state index contributed by atoms with van der Waals surface area (Å²) in [6.45, 7) is 0.374. The number of hydrogen-bond donors (Lipinski definition) is 2. The van der Waals surface area contributed by atoms with Gasteiger partial charge in [0.05, 0.1) is 5.56 Å². The second-order valence-corrected chi connectivity index (χ2v) is 3.74. The minimum absolute atomic E-state index is 0.142. The van der Waals surface area contributed by atoms with E-state index in [9.17, 15) is 9.59 Å². The maximum absolute atomic E-state index is 11.7. The van der Waals surface area contributed by atoms with Gasteiger partial charge in [0.1, 0.15) is 0 Å². The second kappa shape index (κ2) is 5.76. The summed E-state index contributed by atoms with van der Waals surface area (Å²) in [4.78, 5) is 26.2. The van der Waals surface area contributed by atoms with E-state index in [0.717, 1.165) is 0 Å². The first kappa shape index (κ1) is 12.7. The van der Waals surface area contributed by atoms with Gasteiger partial charge >= 0.3 is 5.97 Å². The first-order chi connectivity index (χ1) is 9.16. The molecule has 19 heavy (non-hydrogen) atoms. The summed E-state index contributed by atoms with van der Waals surface area (Å²) in [6, 6.07) is 5.70. The molecule has 1 aromatic carbocycles. The lowest BCUT2D eigenvalue weighted by Gasteiger charge is -2.03. The van der Waals surface area contributed by atoms with Gasteiger partial charge in [0.2, 0.25) is 6.39 Å². The fourth-order valence-corrected chi connectivity index (χ4v) is 1.46. The predicted octanol–water partition coefficient (Wildman–Crippen LogP) is 0.740. The summed E-state index contributed by atoms with van der Waals surface area (Å²) >= 11 is 0. The van der Waals surface area contributed by atoms with Gasteiger partial charge in [0.15, 0.2) is 5.82 Å². The Hall–Kier alpha value is -2.70. The van der Waals surface area contributed by atoms with Crippen molar-refractivity contribution in [1.29, 1.82) is 0 Å². The number of carboxylic acid groups (broad SMARTS) is 1. The van der Waals surface area contributed by atoms with Crippen LogP contribution in [0.1, 0.15) is 26.5 Å². The third kappa shape index (κ3) is 3.38. The monoisotopic (exact) mass is 261 g/mol. The van der Waals surface area contributed by atoms with E-state index in [4.69, 9.17) is 5.11 Å². The fraction of sp³-hybridized carbons (Fsp3) is 0.167. The zero-order valence-corrected chi connectivity index (χ0v) is 9.87. The minimum Gasteiger partial charge on any atom is -0.478 e. The molecule has 0 unspecified atom stereocenters. The Morgan fingerprint density at radius 3 is 2.47 bits per heavy atom. The molecule has 0 fully saturated rings. The SMILES string of the molecule is O=C(O)c1ccc(C(=O)NCCc2ncon2)cc1. The molecule has 7 nitrogen and oxygen atoms in total. The molecule has 7 heteroatoms. The Labute approximate surface area is 108 Å². The number of carboxylic acids is 1. The summed E-state index contributed by atoms with van der Waals surface area (Å²) in [5.74, 6) is -0.786. The second-order valence-electron chi connectivity index (χ2n) is 3.74. The normalized spacial score (nSPS) is 10.1. The highest BCUT2D eigenvalue weighted by Crippen LogP contribution is 2.04. The lowest BCUT2D eigenvalue weighted by atomic mass is 10.1. The highest BCUT2D eigenvalue weighted by molar-refractivity contribution is 5.95. The standard InChI is InChI=1S/C12H11N3O4/c16-11(13-6-5-10-14-7-19-15-10)8-1-3-9(4-2-8)12(17)18/h1-4,7H,5-6H2,(H,13,16)(H,17,18). The zero-order valence-electron chi connectivity index (χ0n) is 9.87. The molecule has 98 valence electrons. The van der Waals surface area contributed by atoms with E-state index in [0.29, 0.717) is 24.4 Å². The Bertz CT molecular complexity index is 563. The maximum Gasteiger partial charge on any atom is 0.335 e. The van der Waals surface area contributed by atoms with Crippen molar-refractivity contribution in [3.63, 3.8) is 0 Å². The van der Waals surface area contributed by atoms with E-state index < -0.39 is 5.97 Å². The van der Waals surface area contributed by atoms with Crippen LogP contribution in [0.2, 0.25) is 0 Å². The van der Waals surface area contributed by atoms with Crippen LogP contribution in [0.4, 0.5) is 0 Å². The molecule has 1 heterocycles. The van der Waals surface area contributed by atoms with Crippen LogP contribution in [-0.4, -0.2) is 33.7 Å². The fourth-order valence-electron chi connectivity index (χ4n) is 1.46. The van der Waals surface area contributed by atoms with Crippen molar-refractivity contribution in [2.24, 2.45) is 0 Å². The number of benzene rings is 1. The molecule has 0 aliphatic rings. The molecule has 2 N–H and O–H groups in total. The van der Waals surface area contributed by atoms with Gasteiger partial charge in [-0.2, -0.15) is 4.98 Å². The van der Waals surface area contributed by atoms with Gasteiger partial charge in [0.25, 0.3) is 5.91 Å². The Morgan fingerprint density at radius 1 is 1.21 bits per heavy atom. The number of amides is 1. The molecule has 0 radical (unpaired) electrons. The molecular weight excluding hydrogens is 250 g/mol. The lowest BCUT2D eigenvalue weighted by Crippen LogP contribution is -2.25. The molecule has 0 saturated carbocycles. The third-order valence-electron chi connectivity index (χ3n) is 2.44. The molecule has 0 spiro atoms. The summed E-state index contributed by atoms with van der Waals surface area (Å²) < 4.78 is 4.56. The van der Waals surface area contributed by atoms with Crippen LogP contribution in [0, 0.1) is 0 Å². The van der Waals surface area contributed by atoms with Gasteiger partial charge < -0.3 is 14.9 Å². The third-order valence-corrected chi connectivity index (χ3v) is 2.44. The van der Waals surface area contributed by atoms with E-state index in [-0.39, 0.29) is 11.5 Å². The van der Waals surface area contributed by atoms with Crippen LogP contribution in [0.15, 0.2) is 35.2 Å². The first-order valence-electron chi connectivity index (χ1n) is 5.53. The number of hydrogen-bond acceptors (Lipinski definition) is 5. The van der Waals surface area contributed by atoms with E-state index in [1.165, 1.54) is 30.7 Å². The Balaban J connectivity index is 1.87. The number of carbonyl (C=O) groups excluding carboxylic acids is 1. The molecule has 1 aromatic heterocycles. The van der Waals surface area contributed by atoms with Crippen molar-refractivity contribution < 1.29 is 19.2 Å². The smallest absolute Gasteiger partial charge is 0.335 e. The molecule has 0 aliphatic heterocycles. The minimum atomic E-state index is -1.02. The largest absolute Gasteiger partial charge is 0.478 e. The van der Waals surface area contributed by atoms with Crippen LogP contribution in [-0.2, 0) is 6.42 Å². The molecule has 0 saturated heterocycles. The van der Waals surface area contributed by atoms with Gasteiger partial charge in [0, 0.05) is 18.5 Å². The van der Waals surface area contributed by atoms with Gasteiger partial charge in [-0.05, 0) is 24.3 Å². The zero-order chi connectivity index (χ0) is 13.7. The summed E-state index contributed by atoms with van der Waals surface area (Å²) in [5, 5.41) is 15.0. The van der Waals surface area contributed by atoms with E-state index >= 15 is 0 Å². The van der Waals surface area contributed by atoms with Gasteiger partial charge in [-0.3, -0.25) is 4.79 Å². The Morgan fingerprint density at radius 2 is 1.89 bits per heavy atom. The summed E-state index contributed by atoms with van der Waals surface area (Å²) in [7, 11) is 0. The van der Waals surface area contributed by atoms with Crippen molar-refractivity contribution in [3.8, 4) is 0 Å². The van der Waals surface area contributed by atoms with E-state index in [2.05, 4.69) is 20.0 Å². The Kier molecular flexibility index (Phi) is 3.87. The molecule has 0 bridgehead atoms. The highest BCUT2D eigenvalue weighted by Gasteiger charge is 2.07. The van der Waals surface area contributed by atoms with E-state index in [1.807, 2.05) is 0 Å². The number of nitrogens with zero attached hydrogens (tertiary/aromatic N) is 2. The number of aromatic carboxylic acids is 1. The summed E-state index contributed by atoms with van der Waals surface area (Å²) in [6.07, 6.45) is 1.69. The topological polar surface area (TPSA) is 105 Å². The molecule has 0 atom stereocenters. The molecular formula is C12H11N3O4. The maximum atomic E-state index is 11.7. The van der Waals surface area contributed by atoms with E-state index in [1.54, 1.807) is 0 Å². The van der Waals surface area contributed by atoms with Crippen LogP contribution >= 0.6 is 0 Å². The first-order valence-corrected chi connectivity index (χ1v) is 5.53. The van der Waals surface area contributed by atoms with Crippen molar-refractivity contribution in [3.05, 3.63) is 47.6 Å². The van der Waals surface area contributed by atoms with Gasteiger partial charge in [-0.25, -0.2) is 4.79 Å². The van der Waals surface area contributed by atoms with Crippen LogP contribution in [0.25, 0.3) is 0 Å². The van der Waals surface area contributed by atoms with Crippen molar-refractivity contribution >= 4 is 11.9 Å². The summed E-state index contributed by atoms with van der Waals surface area (Å²) in [5.41, 5.74) is 0.543. The van der Waals surface area contributed by atoms with Crippen molar-refractivity contribution in [2.45, 2.75) is 6.42 Å². The molecule has 2 aromatic rings. The average molecular weight is 261 g/mol. The molecule has 2 rings (SSSR count). The predicted molar refractivity (Wildman–Crippen MR) is 63.7 cm³/mol. The average Bonchev–Trinajstić information content (AvgIpc) is 2.92. The molecule has 0 aliphatic carbocycles. The lowest BCUT2D eigenvalue weighted by molar-refractivity contribution is 0.0696. The molecule has 1 amide bonds.